The minimum Gasteiger partial charge on any atom is -0.486 e. The van der Waals surface area contributed by atoms with Gasteiger partial charge in [-0.1, -0.05) is 30.3 Å². The van der Waals surface area contributed by atoms with Gasteiger partial charge in [0.25, 0.3) is 15.8 Å². The van der Waals surface area contributed by atoms with E-state index in [1.807, 2.05) is 0 Å². The zero-order chi connectivity index (χ0) is 20.9. The molecule has 0 bridgehead atoms. The molecule has 1 aliphatic rings. The maximum atomic E-state index is 14.1. The molecule has 0 aliphatic heterocycles. The van der Waals surface area contributed by atoms with Crippen molar-refractivity contribution in [3.8, 4) is 5.75 Å². The summed E-state index contributed by atoms with van der Waals surface area (Å²) in [7, 11) is -5.93. The van der Waals surface area contributed by atoms with Crippen LogP contribution in [0.4, 0.5) is 22.0 Å². The molecule has 2 atom stereocenters. The van der Waals surface area contributed by atoms with E-state index in [-0.39, 0.29) is 5.75 Å². The van der Waals surface area contributed by atoms with Crippen molar-refractivity contribution in [1.82, 2.24) is 0 Å². The summed E-state index contributed by atoms with van der Waals surface area (Å²) in [6.45, 7) is 1.60. The van der Waals surface area contributed by atoms with Crippen molar-refractivity contribution < 1.29 is 40.2 Å². The molecule has 2 aromatic carbocycles. The van der Waals surface area contributed by atoms with E-state index in [2.05, 4.69) is 0 Å². The second-order valence-electron chi connectivity index (χ2n) is 6.41. The first kappa shape index (κ1) is 20.5. The average Bonchev–Trinajstić information content (AvgIpc) is 2.85. The van der Waals surface area contributed by atoms with Gasteiger partial charge in [0.15, 0.2) is 0 Å². The molecule has 3 rings (SSSR count). The lowest BCUT2D eigenvalue weighted by Crippen LogP contribution is -2.26. The van der Waals surface area contributed by atoms with Crippen LogP contribution in [0.2, 0.25) is 0 Å². The summed E-state index contributed by atoms with van der Waals surface area (Å²) in [6.07, 6.45) is -4.48. The van der Waals surface area contributed by atoms with Crippen LogP contribution in [0.3, 0.4) is 0 Å². The molecular weight excluding hydrogens is 407 g/mol. The number of hydrogen-bond donors (Lipinski definition) is 1. The molecule has 0 amide bonds. The first-order valence-electron chi connectivity index (χ1n) is 8.11. The average molecular weight is 422 g/mol. The van der Waals surface area contributed by atoms with Gasteiger partial charge in [0.05, 0.1) is 4.90 Å². The summed E-state index contributed by atoms with van der Waals surface area (Å²) in [6, 6.07) is 10.0. The number of rotatable bonds is 4. The predicted octanol–water partition coefficient (Wildman–Crippen LogP) is 4.34. The van der Waals surface area contributed by atoms with Crippen molar-refractivity contribution >= 4 is 9.84 Å². The molecule has 1 N–H and O–H groups in total. The molecule has 0 fully saturated rings. The Morgan fingerprint density at radius 3 is 2.32 bits per heavy atom. The van der Waals surface area contributed by atoms with E-state index in [1.165, 1.54) is 0 Å². The fraction of sp³-hybridized carbons (Fsp3) is 0.333. The van der Waals surface area contributed by atoms with E-state index >= 15 is 0 Å². The second-order valence-corrected chi connectivity index (χ2v) is 8.32. The molecule has 152 valence electrons. The summed E-state index contributed by atoms with van der Waals surface area (Å²) in [5.74, 6) is -4.03. The van der Waals surface area contributed by atoms with Crippen molar-refractivity contribution in [2.24, 2.45) is 0 Å². The monoisotopic (exact) mass is 422 g/mol. The minimum atomic E-state index is -5.93. The summed E-state index contributed by atoms with van der Waals surface area (Å²) in [5.41, 5.74) is -6.45. The van der Waals surface area contributed by atoms with Gasteiger partial charge in [-0.15, -0.1) is 0 Å². The van der Waals surface area contributed by atoms with E-state index in [4.69, 9.17) is 4.74 Å². The largest absolute Gasteiger partial charge is 0.501 e. The molecular formula is C18H15F5O4S. The van der Waals surface area contributed by atoms with Gasteiger partial charge >= 0.3 is 5.51 Å². The van der Waals surface area contributed by atoms with Crippen LogP contribution in [0.25, 0.3) is 0 Å². The molecule has 4 nitrogen and oxygen atoms in total. The number of hydrogen-bond acceptors (Lipinski definition) is 4. The van der Waals surface area contributed by atoms with E-state index in [0.29, 0.717) is 11.6 Å². The molecule has 10 heteroatoms. The lowest BCUT2D eigenvalue weighted by atomic mass is 10.1. The normalized spacial score (nSPS) is 19.9. The predicted molar refractivity (Wildman–Crippen MR) is 88.8 cm³/mol. The van der Waals surface area contributed by atoms with Gasteiger partial charge < -0.3 is 9.84 Å². The van der Waals surface area contributed by atoms with Crippen molar-refractivity contribution in [3.05, 3.63) is 59.2 Å². The maximum absolute atomic E-state index is 14.1. The van der Waals surface area contributed by atoms with Crippen LogP contribution in [0.15, 0.2) is 47.4 Å². The summed E-state index contributed by atoms with van der Waals surface area (Å²) in [5, 5.41) is 9.86. The minimum absolute atomic E-state index is 0.205. The van der Waals surface area contributed by atoms with E-state index in [1.54, 1.807) is 37.3 Å². The molecule has 0 saturated carbocycles. The smallest absolute Gasteiger partial charge is 0.486 e. The van der Waals surface area contributed by atoms with Crippen LogP contribution >= 0.6 is 0 Å². The molecule has 0 aromatic heterocycles. The van der Waals surface area contributed by atoms with Gasteiger partial charge in [-0.3, -0.25) is 0 Å². The number of aliphatic hydroxyl groups is 1. The Labute approximate surface area is 157 Å². The van der Waals surface area contributed by atoms with Gasteiger partial charge in [0.2, 0.25) is 0 Å². The van der Waals surface area contributed by atoms with Crippen LogP contribution in [0, 0.1) is 0 Å². The standard InChI is InChI=1S/C18H15F5O4S/c1-10(11-5-3-2-4-6-11)27-13-7-8-14(28(25,26)18(21,22)23)15-12(13)9-17(19,20)16(15)24/h2-8,10,16,24H,9H2,1H3. The lowest BCUT2D eigenvalue weighted by molar-refractivity contribution is -0.0978. The Kier molecular flexibility index (Phi) is 4.91. The zero-order valence-electron chi connectivity index (χ0n) is 14.4. The molecule has 1 aliphatic carbocycles. The van der Waals surface area contributed by atoms with Crippen LogP contribution in [0.5, 0.6) is 5.75 Å². The van der Waals surface area contributed by atoms with E-state index < -0.39 is 55.9 Å². The van der Waals surface area contributed by atoms with Gasteiger partial charge in [-0.05, 0) is 24.6 Å². The fourth-order valence-corrected chi connectivity index (χ4v) is 4.12. The molecule has 0 heterocycles. The third kappa shape index (κ3) is 3.35. The van der Waals surface area contributed by atoms with Gasteiger partial charge in [-0.25, -0.2) is 17.2 Å². The number of alkyl halides is 5. The lowest BCUT2D eigenvalue weighted by Gasteiger charge is -2.20. The Morgan fingerprint density at radius 2 is 1.75 bits per heavy atom. The van der Waals surface area contributed by atoms with Gasteiger partial charge in [0, 0.05) is 17.5 Å². The number of sulfone groups is 1. The number of benzene rings is 2. The maximum Gasteiger partial charge on any atom is 0.501 e. The van der Waals surface area contributed by atoms with E-state index in [0.717, 1.165) is 6.07 Å². The van der Waals surface area contributed by atoms with Gasteiger partial charge in [0.1, 0.15) is 18.0 Å². The van der Waals surface area contributed by atoms with Crippen molar-refractivity contribution in [1.29, 1.82) is 0 Å². The summed E-state index contributed by atoms with van der Waals surface area (Å²) >= 11 is 0. The Balaban J connectivity index is 2.12. The van der Waals surface area contributed by atoms with Gasteiger partial charge in [-0.2, -0.15) is 13.2 Å². The first-order valence-corrected chi connectivity index (χ1v) is 9.59. The topological polar surface area (TPSA) is 63.6 Å². The third-order valence-corrected chi connectivity index (χ3v) is 6.07. The molecule has 0 spiro atoms. The summed E-state index contributed by atoms with van der Waals surface area (Å²) < 4.78 is 96.2. The van der Waals surface area contributed by atoms with Crippen LogP contribution in [0.1, 0.15) is 35.8 Å². The highest BCUT2D eigenvalue weighted by Crippen LogP contribution is 2.50. The molecule has 2 aromatic rings. The third-order valence-electron chi connectivity index (χ3n) is 4.53. The second kappa shape index (κ2) is 6.70. The molecule has 0 saturated heterocycles. The number of aliphatic hydroxyl groups excluding tert-OH is 1. The van der Waals surface area contributed by atoms with Crippen LogP contribution in [-0.2, 0) is 16.3 Å². The van der Waals surface area contributed by atoms with Crippen LogP contribution < -0.4 is 4.74 Å². The summed E-state index contributed by atoms with van der Waals surface area (Å²) in [4.78, 5) is -1.39. The van der Waals surface area contributed by atoms with E-state index in [9.17, 15) is 35.5 Å². The van der Waals surface area contributed by atoms with Crippen molar-refractivity contribution in [2.75, 3.05) is 0 Å². The number of fused-ring (bicyclic) bond motifs is 1. The first-order chi connectivity index (χ1) is 12.9. The molecule has 0 radical (unpaired) electrons. The van der Waals surface area contributed by atoms with Crippen molar-refractivity contribution in [3.63, 3.8) is 0 Å². The highest BCUT2D eigenvalue weighted by atomic mass is 32.2. The highest BCUT2D eigenvalue weighted by Gasteiger charge is 2.55. The quantitative estimate of drug-likeness (QED) is 0.745. The Hall–Kier alpha value is -2.20. The SMILES string of the molecule is CC(Oc1ccc(S(=O)(=O)C(F)(F)F)c2c1CC(F)(F)C2O)c1ccccc1. The van der Waals surface area contributed by atoms with Crippen molar-refractivity contribution in [2.45, 2.75) is 41.9 Å². The molecule has 2 unspecified atom stereocenters. The number of halogens is 5. The molecule has 28 heavy (non-hydrogen) atoms. The Bertz CT molecular complexity index is 987. The van der Waals surface area contributed by atoms with Crippen LogP contribution in [-0.4, -0.2) is 25.0 Å². The highest BCUT2D eigenvalue weighted by molar-refractivity contribution is 7.92. The fourth-order valence-electron chi connectivity index (χ4n) is 3.10. The Morgan fingerprint density at radius 1 is 1.14 bits per heavy atom. The number of ether oxygens (including phenoxy) is 1. The zero-order valence-corrected chi connectivity index (χ0v) is 15.2.